The first kappa shape index (κ1) is 12.7. The summed E-state index contributed by atoms with van der Waals surface area (Å²) in [7, 11) is 1.77. The van der Waals surface area contributed by atoms with Crippen molar-refractivity contribution < 1.29 is 9.90 Å². The highest BCUT2D eigenvalue weighted by Gasteiger charge is 2.20. The van der Waals surface area contributed by atoms with Crippen molar-refractivity contribution in [2.75, 3.05) is 6.54 Å². The van der Waals surface area contributed by atoms with Gasteiger partial charge in [0.05, 0.1) is 16.9 Å². The normalized spacial score (nSPS) is 14.6. The van der Waals surface area contributed by atoms with Crippen LogP contribution in [0.1, 0.15) is 36.3 Å². The van der Waals surface area contributed by atoms with E-state index in [2.05, 4.69) is 10.4 Å². The molecule has 1 aromatic heterocycles. The molecular formula is C11H19N3O2. The maximum absolute atomic E-state index is 11.8. The quantitative estimate of drug-likeness (QED) is 0.789. The molecule has 0 aromatic carbocycles. The summed E-state index contributed by atoms with van der Waals surface area (Å²) in [6.07, 6.45) is 2.27. The standard InChI is InChI=1S/C11H19N3O2/c1-5-11(3,16)7-12-10(15)9-6-14(4)13-8(9)2/h6,16H,5,7H2,1-4H3,(H,12,15). The minimum Gasteiger partial charge on any atom is -0.388 e. The molecule has 0 saturated carbocycles. The van der Waals surface area contributed by atoms with Crippen LogP contribution in [0.4, 0.5) is 0 Å². The van der Waals surface area contributed by atoms with Gasteiger partial charge in [-0.1, -0.05) is 6.92 Å². The van der Waals surface area contributed by atoms with Gasteiger partial charge in [0.1, 0.15) is 0 Å². The molecule has 0 bridgehead atoms. The molecule has 0 saturated heterocycles. The second-order valence-corrected chi connectivity index (χ2v) is 4.34. The van der Waals surface area contributed by atoms with Crippen LogP contribution in [0, 0.1) is 6.92 Å². The molecule has 0 aliphatic carbocycles. The van der Waals surface area contributed by atoms with Crippen LogP contribution in [-0.4, -0.2) is 32.9 Å². The molecule has 0 radical (unpaired) electrons. The first-order chi connectivity index (χ1) is 7.35. The van der Waals surface area contributed by atoms with Crippen LogP contribution < -0.4 is 5.32 Å². The Morgan fingerprint density at radius 3 is 2.75 bits per heavy atom. The van der Waals surface area contributed by atoms with E-state index in [0.717, 1.165) is 0 Å². The minimum atomic E-state index is -0.855. The van der Waals surface area contributed by atoms with Crippen molar-refractivity contribution in [2.24, 2.45) is 7.05 Å². The number of carbonyl (C=O) groups is 1. The maximum atomic E-state index is 11.8. The Labute approximate surface area is 95.5 Å². The van der Waals surface area contributed by atoms with E-state index in [0.29, 0.717) is 17.7 Å². The van der Waals surface area contributed by atoms with Gasteiger partial charge < -0.3 is 10.4 Å². The van der Waals surface area contributed by atoms with Crippen molar-refractivity contribution in [3.05, 3.63) is 17.5 Å². The van der Waals surface area contributed by atoms with Gasteiger partial charge in [0.15, 0.2) is 0 Å². The van der Waals surface area contributed by atoms with E-state index in [1.54, 1.807) is 31.8 Å². The smallest absolute Gasteiger partial charge is 0.254 e. The largest absolute Gasteiger partial charge is 0.388 e. The molecule has 16 heavy (non-hydrogen) atoms. The molecule has 0 fully saturated rings. The van der Waals surface area contributed by atoms with Crippen molar-refractivity contribution in [2.45, 2.75) is 32.8 Å². The van der Waals surface area contributed by atoms with E-state index in [9.17, 15) is 9.90 Å². The molecule has 1 aromatic rings. The van der Waals surface area contributed by atoms with Crippen LogP contribution in [0.5, 0.6) is 0 Å². The summed E-state index contributed by atoms with van der Waals surface area (Å²) in [5, 5.41) is 16.6. The molecule has 0 aliphatic heterocycles. The molecule has 0 aliphatic rings. The zero-order chi connectivity index (χ0) is 12.3. The second kappa shape index (κ2) is 4.65. The number of hydrogen-bond donors (Lipinski definition) is 2. The van der Waals surface area contributed by atoms with Gasteiger partial charge in [-0.2, -0.15) is 5.10 Å². The minimum absolute atomic E-state index is 0.195. The average Bonchev–Trinajstić information content (AvgIpc) is 2.54. The van der Waals surface area contributed by atoms with Crippen molar-refractivity contribution in [3.63, 3.8) is 0 Å². The lowest BCUT2D eigenvalue weighted by atomic mass is 10.0. The van der Waals surface area contributed by atoms with Crippen molar-refractivity contribution in [1.82, 2.24) is 15.1 Å². The highest BCUT2D eigenvalue weighted by atomic mass is 16.3. The fourth-order valence-corrected chi connectivity index (χ4v) is 1.31. The van der Waals surface area contributed by atoms with E-state index < -0.39 is 5.60 Å². The average molecular weight is 225 g/mol. The lowest BCUT2D eigenvalue weighted by Crippen LogP contribution is -2.40. The Bertz CT molecular complexity index is 383. The number of nitrogens with zero attached hydrogens (tertiary/aromatic N) is 2. The third-order valence-corrected chi connectivity index (χ3v) is 2.65. The van der Waals surface area contributed by atoms with Gasteiger partial charge in [0, 0.05) is 19.8 Å². The SMILES string of the molecule is CCC(C)(O)CNC(=O)c1cn(C)nc1C. The molecule has 5 nitrogen and oxygen atoms in total. The third-order valence-electron chi connectivity index (χ3n) is 2.65. The summed E-state index contributed by atoms with van der Waals surface area (Å²) in [6, 6.07) is 0. The number of amides is 1. The lowest BCUT2D eigenvalue weighted by molar-refractivity contribution is 0.0518. The van der Waals surface area contributed by atoms with Crippen LogP contribution in [-0.2, 0) is 7.05 Å². The van der Waals surface area contributed by atoms with Crippen LogP contribution in [0.2, 0.25) is 0 Å². The van der Waals surface area contributed by atoms with E-state index in [-0.39, 0.29) is 12.5 Å². The highest BCUT2D eigenvalue weighted by molar-refractivity contribution is 5.95. The molecule has 1 rings (SSSR count). The Kier molecular flexibility index (Phi) is 3.70. The highest BCUT2D eigenvalue weighted by Crippen LogP contribution is 2.08. The summed E-state index contributed by atoms with van der Waals surface area (Å²) in [6.45, 7) is 5.61. The number of aliphatic hydroxyl groups is 1. The maximum Gasteiger partial charge on any atom is 0.254 e. The molecule has 90 valence electrons. The number of rotatable bonds is 4. The van der Waals surface area contributed by atoms with Crippen molar-refractivity contribution >= 4 is 5.91 Å². The van der Waals surface area contributed by atoms with Gasteiger partial charge in [-0.15, -0.1) is 0 Å². The lowest BCUT2D eigenvalue weighted by Gasteiger charge is -2.21. The monoisotopic (exact) mass is 225 g/mol. The predicted molar refractivity (Wildman–Crippen MR) is 61.2 cm³/mol. The summed E-state index contributed by atoms with van der Waals surface area (Å²) in [4.78, 5) is 11.8. The molecule has 1 unspecified atom stereocenters. The molecule has 0 spiro atoms. The van der Waals surface area contributed by atoms with E-state index >= 15 is 0 Å². The number of hydrogen-bond acceptors (Lipinski definition) is 3. The Morgan fingerprint density at radius 2 is 2.31 bits per heavy atom. The van der Waals surface area contributed by atoms with Crippen LogP contribution in [0.25, 0.3) is 0 Å². The number of carbonyl (C=O) groups excluding carboxylic acids is 1. The second-order valence-electron chi connectivity index (χ2n) is 4.34. The summed E-state index contributed by atoms with van der Waals surface area (Å²) < 4.78 is 1.60. The molecule has 1 atom stereocenters. The van der Waals surface area contributed by atoms with Crippen LogP contribution in [0.3, 0.4) is 0 Å². The van der Waals surface area contributed by atoms with Gasteiger partial charge in [0.2, 0.25) is 0 Å². The number of aryl methyl sites for hydroxylation is 2. The van der Waals surface area contributed by atoms with Gasteiger partial charge in [-0.3, -0.25) is 9.48 Å². The zero-order valence-corrected chi connectivity index (χ0v) is 10.2. The first-order valence-corrected chi connectivity index (χ1v) is 5.36. The molecule has 5 heteroatoms. The van der Waals surface area contributed by atoms with Crippen molar-refractivity contribution in [1.29, 1.82) is 0 Å². The Balaban J connectivity index is 2.63. The van der Waals surface area contributed by atoms with Crippen LogP contribution in [0.15, 0.2) is 6.20 Å². The van der Waals surface area contributed by atoms with Crippen LogP contribution >= 0.6 is 0 Å². The number of aromatic nitrogens is 2. The third kappa shape index (κ3) is 3.06. The van der Waals surface area contributed by atoms with E-state index in [1.165, 1.54) is 0 Å². The number of nitrogens with one attached hydrogen (secondary N) is 1. The topological polar surface area (TPSA) is 67.2 Å². The van der Waals surface area contributed by atoms with E-state index in [4.69, 9.17) is 0 Å². The molecular weight excluding hydrogens is 206 g/mol. The Hall–Kier alpha value is -1.36. The molecule has 1 amide bonds. The van der Waals surface area contributed by atoms with Gasteiger partial charge in [0.25, 0.3) is 5.91 Å². The van der Waals surface area contributed by atoms with Gasteiger partial charge in [-0.05, 0) is 20.3 Å². The van der Waals surface area contributed by atoms with E-state index in [1.807, 2.05) is 6.92 Å². The fraction of sp³-hybridized carbons (Fsp3) is 0.636. The predicted octanol–water partition coefficient (Wildman–Crippen LogP) is 0.619. The summed E-state index contributed by atoms with van der Waals surface area (Å²) in [5.41, 5.74) is 0.386. The van der Waals surface area contributed by atoms with Gasteiger partial charge in [-0.25, -0.2) is 0 Å². The zero-order valence-electron chi connectivity index (χ0n) is 10.2. The Morgan fingerprint density at radius 1 is 1.69 bits per heavy atom. The summed E-state index contributed by atoms with van der Waals surface area (Å²) >= 11 is 0. The summed E-state index contributed by atoms with van der Waals surface area (Å²) in [5.74, 6) is -0.195. The van der Waals surface area contributed by atoms with Crippen molar-refractivity contribution in [3.8, 4) is 0 Å². The fourth-order valence-electron chi connectivity index (χ4n) is 1.31. The first-order valence-electron chi connectivity index (χ1n) is 5.36. The molecule has 2 N–H and O–H groups in total. The molecule has 1 heterocycles. The van der Waals surface area contributed by atoms with Gasteiger partial charge >= 0.3 is 0 Å².